The van der Waals surface area contributed by atoms with Gasteiger partial charge in [-0.3, -0.25) is 14.5 Å². The maximum atomic E-state index is 13.2. The van der Waals surface area contributed by atoms with Crippen LogP contribution in [0.15, 0.2) is 95.0 Å². The van der Waals surface area contributed by atoms with E-state index < -0.39 is 17.7 Å². The van der Waals surface area contributed by atoms with E-state index in [9.17, 15) is 14.7 Å². The number of ether oxygens (including phenoxy) is 1. The first kappa shape index (κ1) is 22.4. The first-order valence-electron chi connectivity index (χ1n) is 10.8. The highest BCUT2D eigenvalue weighted by Crippen LogP contribution is 2.43. The van der Waals surface area contributed by atoms with E-state index in [1.807, 2.05) is 30.3 Å². The fraction of sp³-hybridized carbons (Fsp3) is 0.0741. The summed E-state index contributed by atoms with van der Waals surface area (Å²) >= 11 is 5.98. The second-order valence-electron chi connectivity index (χ2n) is 7.96. The number of aliphatic hydroxyl groups excluding tert-OH is 1. The van der Waals surface area contributed by atoms with Crippen molar-refractivity contribution >= 4 is 34.9 Å². The van der Waals surface area contributed by atoms with Gasteiger partial charge in [-0.2, -0.15) is 0 Å². The molecule has 5 rings (SSSR count). The molecule has 3 aromatic carbocycles. The summed E-state index contributed by atoms with van der Waals surface area (Å²) in [7, 11) is 0. The Bertz CT molecular complexity index is 1440. The number of ketones is 1. The van der Waals surface area contributed by atoms with Gasteiger partial charge in [0, 0.05) is 16.7 Å². The Morgan fingerprint density at radius 3 is 2.37 bits per heavy atom. The third-order valence-electron chi connectivity index (χ3n) is 5.58. The highest BCUT2D eigenvalue weighted by atomic mass is 35.5. The molecule has 2 heterocycles. The molecule has 35 heavy (non-hydrogen) atoms. The van der Waals surface area contributed by atoms with Gasteiger partial charge >= 0.3 is 5.91 Å². The minimum atomic E-state index is -0.963. The van der Waals surface area contributed by atoms with Gasteiger partial charge in [-0.15, -0.1) is 0 Å². The van der Waals surface area contributed by atoms with Crippen LogP contribution in [0.25, 0.3) is 5.76 Å². The molecule has 1 fully saturated rings. The lowest BCUT2D eigenvalue weighted by molar-refractivity contribution is -0.132. The lowest BCUT2D eigenvalue weighted by Gasteiger charge is -2.23. The molecule has 0 aliphatic carbocycles. The van der Waals surface area contributed by atoms with Crippen LogP contribution in [0.5, 0.6) is 11.5 Å². The van der Waals surface area contributed by atoms with Gasteiger partial charge in [0.2, 0.25) is 0 Å². The number of aryl methyl sites for hydroxylation is 1. The van der Waals surface area contributed by atoms with Gasteiger partial charge in [-0.25, -0.2) is 0 Å². The quantitative estimate of drug-likeness (QED) is 0.209. The molecule has 1 aromatic heterocycles. The van der Waals surface area contributed by atoms with E-state index in [1.165, 1.54) is 4.90 Å². The SMILES string of the molecule is Cc1cc(N2C(=O)C(=O)C(=C(O)c3ccc(Cl)cc3)C2c2cccc(Oc3ccccc3)c2)no1. The summed E-state index contributed by atoms with van der Waals surface area (Å²) in [6.45, 7) is 1.68. The number of aliphatic hydroxyl groups is 1. The van der Waals surface area contributed by atoms with Gasteiger partial charge in [0.15, 0.2) is 5.82 Å². The molecule has 8 heteroatoms. The Kier molecular flexibility index (Phi) is 5.84. The van der Waals surface area contributed by atoms with Crippen LogP contribution in [-0.4, -0.2) is 22.0 Å². The smallest absolute Gasteiger partial charge is 0.301 e. The zero-order valence-corrected chi connectivity index (χ0v) is 19.3. The van der Waals surface area contributed by atoms with Crippen LogP contribution in [0, 0.1) is 6.92 Å². The minimum Gasteiger partial charge on any atom is -0.507 e. The molecule has 1 unspecified atom stereocenters. The predicted molar refractivity (Wildman–Crippen MR) is 130 cm³/mol. The summed E-state index contributed by atoms with van der Waals surface area (Å²) in [5.74, 6) is -0.208. The Hall–Kier alpha value is -4.36. The predicted octanol–water partition coefficient (Wildman–Crippen LogP) is 6.06. The van der Waals surface area contributed by atoms with Crippen LogP contribution in [-0.2, 0) is 9.59 Å². The summed E-state index contributed by atoms with van der Waals surface area (Å²) in [5.41, 5.74) is 0.828. The van der Waals surface area contributed by atoms with Crippen molar-refractivity contribution in [2.24, 2.45) is 0 Å². The van der Waals surface area contributed by atoms with Gasteiger partial charge in [0.25, 0.3) is 5.78 Å². The average Bonchev–Trinajstić information content (AvgIpc) is 3.40. The van der Waals surface area contributed by atoms with Crippen LogP contribution < -0.4 is 9.64 Å². The number of halogens is 1. The Balaban J connectivity index is 1.65. The zero-order chi connectivity index (χ0) is 24.5. The second-order valence-corrected chi connectivity index (χ2v) is 8.40. The monoisotopic (exact) mass is 486 g/mol. The maximum Gasteiger partial charge on any atom is 0.301 e. The molecule has 1 N–H and O–H groups in total. The molecule has 1 aliphatic heterocycles. The van der Waals surface area contributed by atoms with Crippen LogP contribution in [0.3, 0.4) is 0 Å². The highest BCUT2D eigenvalue weighted by Gasteiger charge is 2.48. The number of carbonyl (C=O) groups excluding carboxylic acids is 2. The van der Waals surface area contributed by atoms with E-state index in [0.717, 1.165) is 0 Å². The number of hydrogen-bond acceptors (Lipinski definition) is 6. The van der Waals surface area contributed by atoms with Crippen LogP contribution in [0.4, 0.5) is 5.82 Å². The van der Waals surface area contributed by atoms with Crippen LogP contribution in [0.2, 0.25) is 5.02 Å². The van der Waals surface area contributed by atoms with E-state index >= 15 is 0 Å². The van der Waals surface area contributed by atoms with Crippen molar-refractivity contribution < 1.29 is 24.0 Å². The summed E-state index contributed by atoms with van der Waals surface area (Å²) in [6, 6.07) is 23.2. The van der Waals surface area contributed by atoms with Gasteiger partial charge in [-0.1, -0.05) is 47.1 Å². The molecular weight excluding hydrogens is 468 g/mol. The van der Waals surface area contributed by atoms with Crippen molar-refractivity contribution in [3.05, 3.63) is 112 Å². The van der Waals surface area contributed by atoms with Crippen molar-refractivity contribution in [1.29, 1.82) is 0 Å². The number of para-hydroxylation sites is 1. The Morgan fingerprint density at radius 2 is 1.69 bits per heavy atom. The molecule has 174 valence electrons. The molecular formula is C27H19ClN2O5. The summed E-state index contributed by atoms with van der Waals surface area (Å²) in [5, 5.41) is 15.6. The van der Waals surface area contributed by atoms with Crippen molar-refractivity contribution in [2.75, 3.05) is 4.90 Å². The van der Waals surface area contributed by atoms with Gasteiger partial charge in [-0.05, 0) is 61.0 Å². The van der Waals surface area contributed by atoms with E-state index in [-0.39, 0.29) is 17.2 Å². The number of benzene rings is 3. The number of amides is 1. The average molecular weight is 487 g/mol. The minimum absolute atomic E-state index is 0.0742. The van der Waals surface area contributed by atoms with Crippen molar-refractivity contribution in [3.8, 4) is 11.5 Å². The molecule has 7 nitrogen and oxygen atoms in total. The van der Waals surface area contributed by atoms with E-state index in [4.69, 9.17) is 20.9 Å². The lowest BCUT2D eigenvalue weighted by Crippen LogP contribution is -2.29. The van der Waals surface area contributed by atoms with Crippen LogP contribution >= 0.6 is 11.6 Å². The van der Waals surface area contributed by atoms with Crippen molar-refractivity contribution in [1.82, 2.24) is 5.16 Å². The number of nitrogens with zero attached hydrogens (tertiary/aromatic N) is 2. The first-order valence-corrected chi connectivity index (χ1v) is 11.1. The van der Waals surface area contributed by atoms with E-state index in [2.05, 4.69) is 5.16 Å². The normalized spacial score (nSPS) is 17.1. The number of hydrogen-bond donors (Lipinski definition) is 1. The number of carbonyl (C=O) groups is 2. The molecule has 1 atom stereocenters. The number of anilines is 1. The fourth-order valence-corrected chi connectivity index (χ4v) is 4.11. The number of aromatic nitrogens is 1. The van der Waals surface area contributed by atoms with E-state index in [0.29, 0.717) is 33.4 Å². The Labute approximate surface area is 205 Å². The molecule has 1 saturated heterocycles. The van der Waals surface area contributed by atoms with Gasteiger partial charge in [0.05, 0.1) is 11.6 Å². The molecule has 4 aromatic rings. The molecule has 1 aliphatic rings. The summed E-state index contributed by atoms with van der Waals surface area (Å²) < 4.78 is 11.1. The Morgan fingerprint density at radius 1 is 0.971 bits per heavy atom. The van der Waals surface area contributed by atoms with Crippen molar-refractivity contribution in [2.45, 2.75) is 13.0 Å². The summed E-state index contributed by atoms with van der Waals surface area (Å²) in [4.78, 5) is 27.6. The first-order chi connectivity index (χ1) is 16.9. The van der Waals surface area contributed by atoms with Crippen molar-refractivity contribution in [3.63, 3.8) is 0 Å². The van der Waals surface area contributed by atoms with Crippen LogP contribution in [0.1, 0.15) is 22.9 Å². The molecule has 0 radical (unpaired) electrons. The number of rotatable bonds is 5. The summed E-state index contributed by atoms with van der Waals surface area (Å²) in [6.07, 6.45) is 0. The topological polar surface area (TPSA) is 92.9 Å². The third kappa shape index (κ3) is 4.29. The van der Waals surface area contributed by atoms with Gasteiger partial charge < -0.3 is 14.4 Å². The van der Waals surface area contributed by atoms with Gasteiger partial charge in [0.1, 0.15) is 23.0 Å². The standard InChI is InChI=1S/C27H19ClN2O5/c1-16-14-22(29-35-16)30-24(18-6-5-9-21(15-18)34-20-7-3-2-4-8-20)23(26(32)27(30)33)25(31)17-10-12-19(28)13-11-17/h2-15,24,31H,1H3. The zero-order valence-electron chi connectivity index (χ0n) is 18.5. The number of Topliss-reactive ketones (excluding diaryl/α,β-unsaturated/α-hetero) is 1. The maximum absolute atomic E-state index is 13.2. The second kappa shape index (κ2) is 9.12. The molecule has 0 saturated carbocycles. The lowest BCUT2D eigenvalue weighted by atomic mass is 9.95. The van der Waals surface area contributed by atoms with E-state index in [1.54, 1.807) is 61.5 Å². The molecule has 0 spiro atoms. The fourth-order valence-electron chi connectivity index (χ4n) is 3.99. The molecule has 0 bridgehead atoms. The third-order valence-corrected chi connectivity index (χ3v) is 5.83. The molecule has 1 amide bonds. The highest BCUT2D eigenvalue weighted by molar-refractivity contribution is 6.51. The largest absolute Gasteiger partial charge is 0.507 e.